The Bertz CT molecular complexity index is 1090. The fourth-order valence-electron chi connectivity index (χ4n) is 2.90. The molecule has 0 saturated carbocycles. The maximum Gasteiger partial charge on any atom is 0.315 e. The maximum absolute atomic E-state index is 12.3. The van der Waals surface area contributed by atoms with Crippen molar-refractivity contribution in [3.63, 3.8) is 0 Å². The molecule has 0 atom stereocenters. The summed E-state index contributed by atoms with van der Waals surface area (Å²) in [5.41, 5.74) is 1.74. The number of fused-ring (bicyclic) bond motifs is 1. The molecule has 0 N–H and O–H groups in total. The summed E-state index contributed by atoms with van der Waals surface area (Å²) in [7, 11) is 1.63. The number of methoxy groups -OCH3 is 1. The van der Waals surface area contributed by atoms with Crippen LogP contribution >= 0.6 is 0 Å². The van der Waals surface area contributed by atoms with Crippen molar-refractivity contribution in [2.75, 3.05) is 7.11 Å². The van der Waals surface area contributed by atoms with E-state index in [0.29, 0.717) is 5.75 Å². The molecule has 0 spiro atoms. The van der Waals surface area contributed by atoms with Gasteiger partial charge in [-0.15, -0.1) is 0 Å². The van der Waals surface area contributed by atoms with Crippen LogP contribution in [0.1, 0.15) is 5.56 Å². The fraction of sp³-hybridized carbons (Fsp3) is 0.0909. The van der Waals surface area contributed by atoms with Crippen LogP contribution in [0.4, 0.5) is 0 Å². The number of nitrogens with zero attached hydrogens (tertiary/aromatic N) is 2. The van der Waals surface area contributed by atoms with Crippen molar-refractivity contribution in [3.05, 3.63) is 84.7 Å². The van der Waals surface area contributed by atoms with Crippen LogP contribution in [-0.2, 0) is 11.2 Å². The predicted octanol–water partition coefficient (Wildman–Crippen LogP) is 4.18. The normalized spacial score (nSPS) is 10.7. The summed E-state index contributed by atoms with van der Waals surface area (Å²) in [6, 6.07) is 21.1. The third-order valence-electron chi connectivity index (χ3n) is 4.26. The Kier molecular flexibility index (Phi) is 4.58. The van der Waals surface area contributed by atoms with Crippen LogP contribution in [0.25, 0.3) is 16.5 Å². The smallest absolute Gasteiger partial charge is 0.315 e. The zero-order valence-corrected chi connectivity index (χ0v) is 14.8. The molecule has 0 radical (unpaired) electrons. The molecule has 1 heterocycles. The van der Waals surface area contributed by atoms with Gasteiger partial charge in [-0.05, 0) is 47.2 Å². The number of benzene rings is 3. The number of esters is 1. The summed E-state index contributed by atoms with van der Waals surface area (Å²) < 4.78 is 12.5. The van der Waals surface area contributed by atoms with E-state index < -0.39 is 0 Å². The summed E-state index contributed by atoms with van der Waals surface area (Å²) in [6.07, 6.45) is 3.67. The minimum atomic E-state index is -0.329. The van der Waals surface area contributed by atoms with Gasteiger partial charge in [-0.1, -0.05) is 30.3 Å². The molecule has 4 aromatic rings. The van der Waals surface area contributed by atoms with E-state index in [9.17, 15) is 4.79 Å². The first-order chi connectivity index (χ1) is 13.2. The van der Waals surface area contributed by atoms with E-state index in [0.717, 1.165) is 27.8 Å². The molecule has 0 aliphatic heterocycles. The van der Waals surface area contributed by atoms with Crippen LogP contribution in [0.3, 0.4) is 0 Å². The van der Waals surface area contributed by atoms with Gasteiger partial charge in [0.1, 0.15) is 11.5 Å². The lowest BCUT2D eigenvalue weighted by molar-refractivity contribution is -0.133. The summed E-state index contributed by atoms with van der Waals surface area (Å²) in [5, 5.41) is 6.31. The van der Waals surface area contributed by atoms with Crippen molar-refractivity contribution < 1.29 is 14.3 Å². The molecule has 0 saturated heterocycles. The third kappa shape index (κ3) is 3.82. The highest BCUT2D eigenvalue weighted by atomic mass is 16.5. The van der Waals surface area contributed by atoms with Crippen molar-refractivity contribution in [3.8, 4) is 17.2 Å². The Morgan fingerprint density at radius 2 is 1.70 bits per heavy atom. The van der Waals surface area contributed by atoms with Gasteiger partial charge in [-0.2, -0.15) is 5.10 Å². The number of para-hydroxylation sites is 1. The highest BCUT2D eigenvalue weighted by Gasteiger charge is 2.10. The van der Waals surface area contributed by atoms with Crippen LogP contribution < -0.4 is 9.47 Å². The standard InChI is InChI=1S/C22H18N2O3/c1-26-20-9-7-17-8-10-21(13-18(17)12-20)27-22(25)11-16-14-23-24(15-16)19-5-3-2-4-6-19/h2-10,12-15H,11H2,1H3. The lowest BCUT2D eigenvalue weighted by Gasteiger charge is -2.06. The van der Waals surface area contributed by atoms with E-state index in [1.54, 1.807) is 24.1 Å². The van der Waals surface area contributed by atoms with Gasteiger partial charge in [0.15, 0.2) is 0 Å². The zero-order valence-electron chi connectivity index (χ0n) is 14.8. The number of hydrogen-bond donors (Lipinski definition) is 0. The fourth-order valence-corrected chi connectivity index (χ4v) is 2.90. The maximum atomic E-state index is 12.3. The van der Waals surface area contributed by atoms with Gasteiger partial charge in [-0.3, -0.25) is 4.79 Å². The van der Waals surface area contributed by atoms with Crippen LogP contribution in [0.15, 0.2) is 79.1 Å². The number of ether oxygens (including phenoxy) is 2. The van der Waals surface area contributed by atoms with E-state index >= 15 is 0 Å². The largest absolute Gasteiger partial charge is 0.497 e. The van der Waals surface area contributed by atoms with Crippen LogP contribution in [0.2, 0.25) is 0 Å². The first-order valence-corrected chi connectivity index (χ1v) is 8.59. The van der Waals surface area contributed by atoms with Gasteiger partial charge in [0.2, 0.25) is 0 Å². The topological polar surface area (TPSA) is 53.4 Å². The third-order valence-corrected chi connectivity index (χ3v) is 4.26. The molecule has 0 amide bonds. The molecule has 27 heavy (non-hydrogen) atoms. The zero-order chi connectivity index (χ0) is 18.6. The molecule has 5 heteroatoms. The predicted molar refractivity (Wildman–Crippen MR) is 103 cm³/mol. The Hall–Kier alpha value is -3.60. The van der Waals surface area contributed by atoms with Gasteiger partial charge in [0.25, 0.3) is 0 Å². The molecule has 0 fully saturated rings. The second-order valence-electron chi connectivity index (χ2n) is 6.15. The first-order valence-electron chi connectivity index (χ1n) is 8.59. The second kappa shape index (κ2) is 7.33. The molecule has 3 aromatic carbocycles. The Labute approximate surface area is 156 Å². The molecular formula is C22H18N2O3. The molecule has 4 rings (SSSR count). The van der Waals surface area contributed by atoms with E-state index in [4.69, 9.17) is 9.47 Å². The molecule has 0 aliphatic carbocycles. The molecule has 5 nitrogen and oxygen atoms in total. The minimum absolute atomic E-state index is 0.156. The molecule has 0 bridgehead atoms. The summed E-state index contributed by atoms with van der Waals surface area (Å²) >= 11 is 0. The number of aromatic nitrogens is 2. The average molecular weight is 358 g/mol. The Morgan fingerprint density at radius 3 is 2.48 bits per heavy atom. The van der Waals surface area contributed by atoms with E-state index in [1.807, 2.05) is 66.9 Å². The molecule has 0 aliphatic rings. The Balaban J connectivity index is 1.46. The molecular weight excluding hydrogens is 340 g/mol. The van der Waals surface area contributed by atoms with E-state index in [2.05, 4.69) is 5.10 Å². The van der Waals surface area contributed by atoms with Gasteiger partial charge in [0.05, 0.1) is 25.4 Å². The van der Waals surface area contributed by atoms with Crippen molar-refractivity contribution in [1.82, 2.24) is 9.78 Å². The molecule has 0 unspecified atom stereocenters. The van der Waals surface area contributed by atoms with Crippen molar-refractivity contribution in [1.29, 1.82) is 0 Å². The summed E-state index contributed by atoms with van der Waals surface area (Å²) in [4.78, 5) is 12.3. The second-order valence-corrected chi connectivity index (χ2v) is 6.15. The van der Waals surface area contributed by atoms with Crippen molar-refractivity contribution in [2.45, 2.75) is 6.42 Å². The van der Waals surface area contributed by atoms with Gasteiger partial charge < -0.3 is 9.47 Å². The summed E-state index contributed by atoms with van der Waals surface area (Å²) in [6.45, 7) is 0. The van der Waals surface area contributed by atoms with Crippen LogP contribution in [0, 0.1) is 0 Å². The van der Waals surface area contributed by atoms with Crippen molar-refractivity contribution in [2.24, 2.45) is 0 Å². The van der Waals surface area contributed by atoms with E-state index in [1.165, 1.54) is 0 Å². The number of hydrogen-bond acceptors (Lipinski definition) is 4. The number of carbonyl (C=O) groups excluding carboxylic acids is 1. The number of rotatable bonds is 5. The highest BCUT2D eigenvalue weighted by molar-refractivity contribution is 5.86. The summed E-state index contributed by atoms with van der Waals surface area (Å²) in [5.74, 6) is 0.945. The van der Waals surface area contributed by atoms with Gasteiger partial charge >= 0.3 is 5.97 Å². The SMILES string of the molecule is COc1ccc2ccc(OC(=O)Cc3cnn(-c4ccccc4)c3)cc2c1. The monoisotopic (exact) mass is 358 g/mol. The van der Waals surface area contributed by atoms with Crippen LogP contribution in [-0.4, -0.2) is 22.9 Å². The quantitative estimate of drug-likeness (QED) is 0.397. The van der Waals surface area contributed by atoms with Crippen LogP contribution in [0.5, 0.6) is 11.5 Å². The molecule has 1 aromatic heterocycles. The minimum Gasteiger partial charge on any atom is -0.497 e. The van der Waals surface area contributed by atoms with Gasteiger partial charge in [-0.25, -0.2) is 4.68 Å². The number of carbonyl (C=O) groups is 1. The highest BCUT2D eigenvalue weighted by Crippen LogP contribution is 2.25. The Morgan fingerprint density at radius 1 is 0.963 bits per heavy atom. The first kappa shape index (κ1) is 16.8. The lowest BCUT2D eigenvalue weighted by Crippen LogP contribution is -2.10. The van der Waals surface area contributed by atoms with Gasteiger partial charge in [0, 0.05) is 11.8 Å². The molecule has 134 valence electrons. The lowest BCUT2D eigenvalue weighted by atomic mass is 10.1. The average Bonchev–Trinajstić information content (AvgIpc) is 3.16. The van der Waals surface area contributed by atoms with Crippen molar-refractivity contribution >= 4 is 16.7 Å². The van der Waals surface area contributed by atoms with E-state index in [-0.39, 0.29) is 12.4 Å².